The van der Waals surface area contributed by atoms with Crippen LogP contribution in [0.25, 0.3) is 0 Å². The van der Waals surface area contributed by atoms with Crippen molar-refractivity contribution in [1.82, 2.24) is 10.3 Å². The van der Waals surface area contributed by atoms with Gasteiger partial charge in [-0.3, -0.25) is 4.79 Å². The largest absolute Gasteiger partial charge is 0.388 e. The Bertz CT molecular complexity index is 431. The number of hydrogen-bond acceptors (Lipinski definition) is 4. The van der Waals surface area contributed by atoms with Gasteiger partial charge >= 0.3 is 0 Å². The van der Waals surface area contributed by atoms with Crippen molar-refractivity contribution in [3.8, 4) is 0 Å². The lowest BCUT2D eigenvalue weighted by molar-refractivity contribution is 0.0314. The Morgan fingerprint density at radius 1 is 1.37 bits per heavy atom. The Morgan fingerprint density at radius 3 is 2.37 bits per heavy atom. The van der Waals surface area contributed by atoms with Crippen LogP contribution in [0, 0.1) is 0 Å². The zero-order valence-electron chi connectivity index (χ0n) is 12.4. The Morgan fingerprint density at radius 2 is 1.95 bits per heavy atom. The van der Waals surface area contributed by atoms with Crippen LogP contribution in [0.15, 0.2) is 6.20 Å². The van der Waals surface area contributed by atoms with Gasteiger partial charge in [0.2, 0.25) is 0 Å². The quantitative estimate of drug-likeness (QED) is 0.874. The van der Waals surface area contributed by atoms with Crippen LogP contribution in [0.2, 0.25) is 0 Å². The molecule has 19 heavy (non-hydrogen) atoms. The van der Waals surface area contributed by atoms with E-state index in [1.54, 1.807) is 6.20 Å². The molecule has 0 aliphatic rings. The zero-order chi connectivity index (χ0) is 14.7. The van der Waals surface area contributed by atoms with E-state index in [-0.39, 0.29) is 17.9 Å². The smallest absolute Gasteiger partial charge is 0.263 e. The van der Waals surface area contributed by atoms with Crippen LogP contribution >= 0.6 is 11.3 Å². The van der Waals surface area contributed by atoms with Gasteiger partial charge in [0.1, 0.15) is 4.88 Å². The molecule has 108 valence electrons. The van der Waals surface area contributed by atoms with Crippen LogP contribution < -0.4 is 5.32 Å². The number of carbonyl (C=O) groups excluding carboxylic acids is 1. The Labute approximate surface area is 119 Å². The van der Waals surface area contributed by atoms with Gasteiger partial charge in [-0.15, -0.1) is 11.3 Å². The van der Waals surface area contributed by atoms with Crippen molar-refractivity contribution in [2.75, 3.05) is 6.54 Å². The molecule has 1 heterocycles. The number of nitrogens with zero attached hydrogens (tertiary/aromatic N) is 1. The lowest BCUT2D eigenvalue weighted by Gasteiger charge is -2.25. The highest BCUT2D eigenvalue weighted by Gasteiger charge is 2.24. The van der Waals surface area contributed by atoms with Crippen molar-refractivity contribution in [2.24, 2.45) is 0 Å². The number of carbonyl (C=O) groups is 1. The summed E-state index contributed by atoms with van der Waals surface area (Å²) in [6.45, 7) is 10.3. The van der Waals surface area contributed by atoms with Crippen molar-refractivity contribution in [2.45, 2.75) is 58.5 Å². The van der Waals surface area contributed by atoms with Crippen LogP contribution in [0.5, 0.6) is 0 Å². The maximum absolute atomic E-state index is 12.0. The van der Waals surface area contributed by atoms with E-state index in [0.717, 1.165) is 5.01 Å². The fourth-order valence-corrected chi connectivity index (χ4v) is 2.45. The first-order chi connectivity index (χ1) is 8.72. The second-order valence-electron chi connectivity index (χ2n) is 5.89. The van der Waals surface area contributed by atoms with Gasteiger partial charge < -0.3 is 10.4 Å². The SMILES string of the molecule is CCC(O)(CC)CNC(=O)c1cnc(C(C)(C)C)s1. The van der Waals surface area contributed by atoms with E-state index < -0.39 is 5.60 Å². The summed E-state index contributed by atoms with van der Waals surface area (Å²) < 4.78 is 0. The Kier molecular flexibility index (Phi) is 5.10. The van der Waals surface area contributed by atoms with Crippen LogP contribution in [0.1, 0.15) is 62.1 Å². The van der Waals surface area contributed by atoms with Gasteiger partial charge in [0.25, 0.3) is 5.91 Å². The van der Waals surface area contributed by atoms with E-state index >= 15 is 0 Å². The first-order valence-electron chi connectivity index (χ1n) is 6.68. The van der Waals surface area contributed by atoms with Gasteiger partial charge in [-0.25, -0.2) is 4.98 Å². The highest BCUT2D eigenvalue weighted by molar-refractivity contribution is 7.13. The minimum atomic E-state index is -0.812. The standard InChI is InChI=1S/C14H24N2O2S/c1-6-14(18,7-2)9-16-11(17)10-8-15-12(19-10)13(3,4)5/h8,18H,6-7,9H2,1-5H3,(H,16,17). The number of hydrogen-bond donors (Lipinski definition) is 2. The molecular formula is C14H24N2O2S. The van der Waals surface area contributed by atoms with Crippen molar-refractivity contribution in [3.63, 3.8) is 0 Å². The summed E-state index contributed by atoms with van der Waals surface area (Å²) in [7, 11) is 0. The van der Waals surface area contributed by atoms with Gasteiger partial charge in [-0.2, -0.15) is 0 Å². The van der Waals surface area contributed by atoms with E-state index in [4.69, 9.17) is 0 Å². The molecule has 0 atom stereocenters. The summed E-state index contributed by atoms with van der Waals surface area (Å²) in [6, 6.07) is 0. The number of rotatable bonds is 5. The molecule has 0 aromatic carbocycles. The monoisotopic (exact) mass is 284 g/mol. The third kappa shape index (κ3) is 4.28. The van der Waals surface area contributed by atoms with Crippen LogP contribution in [-0.4, -0.2) is 28.1 Å². The lowest BCUT2D eigenvalue weighted by Crippen LogP contribution is -2.41. The first-order valence-corrected chi connectivity index (χ1v) is 7.50. The van der Waals surface area contributed by atoms with Crippen LogP contribution in [0.4, 0.5) is 0 Å². The highest BCUT2D eigenvalue weighted by Crippen LogP contribution is 2.26. The van der Waals surface area contributed by atoms with Crippen molar-refractivity contribution < 1.29 is 9.90 Å². The average molecular weight is 284 g/mol. The van der Waals surface area contributed by atoms with E-state index in [2.05, 4.69) is 31.1 Å². The van der Waals surface area contributed by atoms with Gasteiger partial charge in [-0.1, -0.05) is 34.6 Å². The third-order valence-electron chi connectivity index (χ3n) is 3.27. The number of aromatic nitrogens is 1. The van der Waals surface area contributed by atoms with E-state index in [1.807, 2.05) is 13.8 Å². The minimum Gasteiger partial charge on any atom is -0.388 e. The predicted molar refractivity (Wildman–Crippen MR) is 78.7 cm³/mol. The molecular weight excluding hydrogens is 260 g/mol. The predicted octanol–water partition coefficient (Wildman–Crippen LogP) is 2.72. The summed E-state index contributed by atoms with van der Waals surface area (Å²) in [5.74, 6) is -0.159. The highest BCUT2D eigenvalue weighted by atomic mass is 32.1. The van der Waals surface area contributed by atoms with Gasteiger partial charge in [0, 0.05) is 12.0 Å². The molecule has 1 rings (SSSR count). The van der Waals surface area contributed by atoms with Gasteiger partial charge in [-0.05, 0) is 12.8 Å². The Hall–Kier alpha value is -0.940. The molecule has 1 aromatic rings. The maximum Gasteiger partial charge on any atom is 0.263 e. The van der Waals surface area contributed by atoms with Gasteiger partial charge in [0.15, 0.2) is 0 Å². The normalized spacial score (nSPS) is 12.5. The molecule has 0 aliphatic heterocycles. The molecule has 0 saturated heterocycles. The topological polar surface area (TPSA) is 62.2 Å². The van der Waals surface area contributed by atoms with E-state index in [0.29, 0.717) is 17.7 Å². The summed E-state index contributed by atoms with van der Waals surface area (Å²) in [5, 5.41) is 13.9. The lowest BCUT2D eigenvalue weighted by atomic mass is 9.98. The second-order valence-corrected chi connectivity index (χ2v) is 6.92. The molecule has 1 amide bonds. The average Bonchev–Trinajstić information content (AvgIpc) is 2.85. The fourth-order valence-electron chi connectivity index (χ4n) is 1.56. The third-order valence-corrected chi connectivity index (χ3v) is 4.69. The number of nitrogens with one attached hydrogen (secondary N) is 1. The number of thiazole rings is 1. The molecule has 0 radical (unpaired) electrons. The Balaban J connectivity index is 2.67. The van der Waals surface area contributed by atoms with E-state index in [1.165, 1.54) is 11.3 Å². The summed E-state index contributed by atoms with van der Waals surface area (Å²) in [6.07, 6.45) is 2.86. The molecule has 0 saturated carbocycles. The van der Waals surface area contributed by atoms with Crippen LogP contribution in [0.3, 0.4) is 0 Å². The van der Waals surface area contributed by atoms with E-state index in [9.17, 15) is 9.90 Å². The zero-order valence-corrected chi connectivity index (χ0v) is 13.2. The second kappa shape index (κ2) is 6.01. The molecule has 2 N–H and O–H groups in total. The molecule has 0 aliphatic carbocycles. The minimum absolute atomic E-state index is 0.0449. The van der Waals surface area contributed by atoms with Crippen LogP contribution in [-0.2, 0) is 5.41 Å². The molecule has 0 spiro atoms. The van der Waals surface area contributed by atoms with Crippen molar-refractivity contribution >= 4 is 17.2 Å². The summed E-state index contributed by atoms with van der Waals surface area (Å²) in [4.78, 5) is 16.9. The molecule has 0 unspecified atom stereocenters. The molecule has 0 fully saturated rings. The molecule has 1 aromatic heterocycles. The summed E-state index contributed by atoms with van der Waals surface area (Å²) in [5.41, 5.74) is -0.857. The summed E-state index contributed by atoms with van der Waals surface area (Å²) >= 11 is 1.41. The van der Waals surface area contributed by atoms with Gasteiger partial charge in [0.05, 0.1) is 16.8 Å². The van der Waals surface area contributed by atoms with Crippen molar-refractivity contribution in [3.05, 3.63) is 16.1 Å². The molecule has 4 nitrogen and oxygen atoms in total. The number of amides is 1. The maximum atomic E-state index is 12.0. The molecule has 0 bridgehead atoms. The van der Waals surface area contributed by atoms with Crippen molar-refractivity contribution in [1.29, 1.82) is 0 Å². The molecule has 5 heteroatoms. The first kappa shape index (κ1) is 16.1. The number of aliphatic hydroxyl groups is 1. The fraction of sp³-hybridized carbons (Fsp3) is 0.714.